The summed E-state index contributed by atoms with van der Waals surface area (Å²) in [6, 6.07) is 14.7. The summed E-state index contributed by atoms with van der Waals surface area (Å²) >= 11 is 0. The van der Waals surface area contributed by atoms with Crippen molar-refractivity contribution in [2.45, 2.75) is 26.7 Å². The van der Waals surface area contributed by atoms with Gasteiger partial charge in [-0.3, -0.25) is 0 Å². The van der Waals surface area contributed by atoms with E-state index in [1.165, 1.54) is 11.1 Å². The Labute approximate surface area is 115 Å². The molecular weight excluding hydrogens is 232 g/mol. The minimum atomic E-state index is 0.558. The van der Waals surface area contributed by atoms with Gasteiger partial charge in [0.1, 0.15) is 0 Å². The van der Waals surface area contributed by atoms with Crippen molar-refractivity contribution in [1.82, 2.24) is 0 Å². The summed E-state index contributed by atoms with van der Waals surface area (Å²) in [5.41, 5.74) is 11.7. The molecule has 0 radical (unpaired) electrons. The molecule has 0 aliphatic carbocycles. The maximum absolute atomic E-state index is 6.10. The van der Waals surface area contributed by atoms with Crippen LogP contribution < -0.4 is 10.6 Å². The van der Waals surface area contributed by atoms with Crippen LogP contribution in [-0.4, -0.2) is 7.05 Å². The molecule has 0 aliphatic heterocycles. The van der Waals surface area contributed by atoms with Gasteiger partial charge < -0.3 is 10.6 Å². The van der Waals surface area contributed by atoms with Crippen LogP contribution in [0.25, 0.3) is 0 Å². The zero-order valence-electron chi connectivity index (χ0n) is 12.1. The van der Waals surface area contributed by atoms with Crippen LogP contribution in [0.15, 0.2) is 42.5 Å². The summed E-state index contributed by atoms with van der Waals surface area (Å²) in [6.07, 6.45) is 0. The molecule has 2 heteroatoms. The molecule has 100 valence electrons. The Morgan fingerprint density at radius 1 is 1.00 bits per heavy atom. The fourth-order valence-corrected chi connectivity index (χ4v) is 2.35. The minimum absolute atomic E-state index is 0.558. The number of hydrogen-bond donors (Lipinski definition) is 1. The Morgan fingerprint density at radius 3 is 2.16 bits per heavy atom. The summed E-state index contributed by atoms with van der Waals surface area (Å²) in [5.74, 6) is 0.558. The minimum Gasteiger partial charge on any atom is -0.397 e. The molecule has 0 bridgehead atoms. The third-order valence-electron chi connectivity index (χ3n) is 3.55. The molecule has 19 heavy (non-hydrogen) atoms. The Morgan fingerprint density at radius 2 is 1.63 bits per heavy atom. The Kier molecular flexibility index (Phi) is 3.79. The van der Waals surface area contributed by atoms with E-state index in [0.29, 0.717) is 5.92 Å². The van der Waals surface area contributed by atoms with Gasteiger partial charge in [0.2, 0.25) is 0 Å². The molecular formula is C17H22N2. The van der Waals surface area contributed by atoms with Crippen LogP contribution in [0.4, 0.5) is 17.1 Å². The average molecular weight is 254 g/mol. The summed E-state index contributed by atoms with van der Waals surface area (Å²) < 4.78 is 0. The zero-order valence-corrected chi connectivity index (χ0v) is 12.1. The maximum Gasteiger partial charge on any atom is 0.0671 e. The van der Waals surface area contributed by atoms with Crippen LogP contribution in [0, 0.1) is 6.92 Å². The molecule has 0 fully saturated rings. The van der Waals surface area contributed by atoms with Crippen LogP contribution in [-0.2, 0) is 0 Å². The second kappa shape index (κ2) is 5.35. The van der Waals surface area contributed by atoms with E-state index < -0.39 is 0 Å². The molecule has 0 saturated heterocycles. The monoisotopic (exact) mass is 254 g/mol. The lowest BCUT2D eigenvalue weighted by Gasteiger charge is -2.23. The van der Waals surface area contributed by atoms with Gasteiger partial charge in [-0.25, -0.2) is 0 Å². The number of aryl methyl sites for hydroxylation is 1. The van der Waals surface area contributed by atoms with Gasteiger partial charge in [-0.2, -0.15) is 0 Å². The highest BCUT2D eigenvalue weighted by Crippen LogP contribution is 2.32. The molecule has 0 heterocycles. The largest absolute Gasteiger partial charge is 0.397 e. The molecule has 0 spiro atoms. The first kappa shape index (κ1) is 13.5. The molecule has 0 unspecified atom stereocenters. The Bertz CT molecular complexity index is 536. The molecule has 0 amide bonds. The lowest BCUT2D eigenvalue weighted by atomic mass is 10.0. The standard InChI is InChI=1S/C17H22N2/c1-12(2)14-8-10-15(11-9-14)19(4)17-13(3)6-5-7-16(17)18/h5-12H,18H2,1-4H3. The fourth-order valence-electron chi connectivity index (χ4n) is 2.35. The van der Waals surface area contributed by atoms with E-state index in [-0.39, 0.29) is 0 Å². The highest BCUT2D eigenvalue weighted by molar-refractivity contribution is 5.77. The Balaban J connectivity index is 2.36. The maximum atomic E-state index is 6.10. The SMILES string of the molecule is Cc1cccc(N)c1N(C)c1ccc(C(C)C)cc1. The van der Waals surface area contributed by atoms with Crippen LogP contribution in [0.2, 0.25) is 0 Å². The highest BCUT2D eigenvalue weighted by Gasteiger charge is 2.10. The first-order chi connectivity index (χ1) is 9.00. The molecule has 2 aromatic rings. The van der Waals surface area contributed by atoms with E-state index in [1.54, 1.807) is 0 Å². The van der Waals surface area contributed by atoms with Crippen molar-refractivity contribution in [2.75, 3.05) is 17.7 Å². The van der Waals surface area contributed by atoms with Gasteiger partial charge in [0.15, 0.2) is 0 Å². The van der Waals surface area contributed by atoms with E-state index in [4.69, 9.17) is 5.73 Å². The first-order valence-electron chi connectivity index (χ1n) is 6.69. The number of rotatable bonds is 3. The van der Waals surface area contributed by atoms with Crippen LogP contribution in [0.1, 0.15) is 30.9 Å². The Hall–Kier alpha value is -1.96. The van der Waals surface area contributed by atoms with Crippen molar-refractivity contribution in [2.24, 2.45) is 0 Å². The molecule has 2 nitrogen and oxygen atoms in total. The number of hydrogen-bond acceptors (Lipinski definition) is 2. The quantitative estimate of drug-likeness (QED) is 0.819. The van der Waals surface area contributed by atoms with Crippen molar-refractivity contribution >= 4 is 17.1 Å². The lowest BCUT2D eigenvalue weighted by molar-refractivity contribution is 0.866. The van der Waals surface area contributed by atoms with Crippen molar-refractivity contribution in [3.63, 3.8) is 0 Å². The van der Waals surface area contributed by atoms with Gasteiger partial charge in [0, 0.05) is 12.7 Å². The third-order valence-corrected chi connectivity index (χ3v) is 3.55. The number of nitrogens with zero attached hydrogens (tertiary/aromatic N) is 1. The second-order valence-electron chi connectivity index (χ2n) is 5.32. The van der Waals surface area contributed by atoms with Gasteiger partial charge >= 0.3 is 0 Å². The predicted octanol–water partition coefficient (Wildman–Crippen LogP) is 4.47. The van der Waals surface area contributed by atoms with Gasteiger partial charge in [-0.15, -0.1) is 0 Å². The summed E-state index contributed by atoms with van der Waals surface area (Å²) in [4.78, 5) is 2.15. The molecule has 2 N–H and O–H groups in total. The molecule has 0 saturated carbocycles. The van der Waals surface area contributed by atoms with Crippen molar-refractivity contribution < 1.29 is 0 Å². The van der Waals surface area contributed by atoms with E-state index in [2.05, 4.69) is 63.1 Å². The zero-order chi connectivity index (χ0) is 14.0. The van der Waals surface area contributed by atoms with E-state index in [0.717, 1.165) is 17.1 Å². The number of benzene rings is 2. The van der Waals surface area contributed by atoms with Gasteiger partial charge in [-0.05, 0) is 42.2 Å². The molecule has 0 aliphatic rings. The normalized spacial score (nSPS) is 10.8. The number of nitrogens with two attached hydrogens (primary N) is 1. The predicted molar refractivity (Wildman–Crippen MR) is 84.2 cm³/mol. The number of para-hydroxylation sites is 1. The fraction of sp³-hybridized carbons (Fsp3) is 0.294. The molecule has 2 aromatic carbocycles. The van der Waals surface area contributed by atoms with E-state index in [9.17, 15) is 0 Å². The van der Waals surface area contributed by atoms with Gasteiger partial charge in [0.25, 0.3) is 0 Å². The smallest absolute Gasteiger partial charge is 0.0671 e. The topological polar surface area (TPSA) is 29.3 Å². The van der Waals surface area contributed by atoms with Gasteiger partial charge in [0.05, 0.1) is 11.4 Å². The molecule has 0 atom stereocenters. The van der Waals surface area contributed by atoms with Crippen molar-refractivity contribution in [3.05, 3.63) is 53.6 Å². The first-order valence-corrected chi connectivity index (χ1v) is 6.69. The second-order valence-corrected chi connectivity index (χ2v) is 5.32. The summed E-state index contributed by atoms with van der Waals surface area (Å²) in [6.45, 7) is 6.50. The summed E-state index contributed by atoms with van der Waals surface area (Å²) in [5, 5.41) is 0. The van der Waals surface area contributed by atoms with Crippen LogP contribution >= 0.6 is 0 Å². The van der Waals surface area contributed by atoms with Crippen molar-refractivity contribution in [1.29, 1.82) is 0 Å². The van der Waals surface area contributed by atoms with E-state index in [1.807, 2.05) is 12.1 Å². The number of nitrogen functional groups attached to an aromatic ring is 1. The molecule has 0 aromatic heterocycles. The number of anilines is 3. The van der Waals surface area contributed by atoms with Crippen molar-refractivity contribution in [3.8, 4) is 0 Å². The molecule has 2 rings (SSSR count). The van der Waals surface area contributed by atoms with E-state index >= 15 is 0 Å². The highest BCUT2D eigenvalue weighted by atomic mass is 15.1. The van der Waals surface area contributed by atoms with Crippen LogP contribution in [0.5, 0.6) is 0 Å². The lowest BCUT2D eigenvalue weighted by Crippen LogP contribution is -2.13. The summed E-state index contributed by atoms with van der Waals surface area (Å²) in [7, 11) is 2.06. The third kappa shape index (κ3) is 2.73. The van der Waals surface area contributed by atoms with Crippen LogP contribution in [0.3, 0.4) is 0 Å². The van der Waals surface area contributed by atoms with Gasteiger partial charge in [-0.1, -0.05) is 38.1 Å². The average Bonchev–Trinajstić information content (AvgIpc) is 2.38.